The maximum absolute atomic E-state index is 12.1. The summed E-state index contributed by atoms with van der Waals surface area (Å²) in [7, 11) is 0. The van der Waals surface area contributed by atoms with Crippen molar-refractivity contribution in [3.63, 3.8) is 0 Å². The van der Waals surface area contributed by atoms with Crippen LogP contribution in [0.5, 0.6) is 0 Å². The molecule has 0 unspecified atom stereocenters. The van der Waals surface area contributed by atoms with Gasteiger partial charge in [-0.05, 0) is 36.5 Å². The van der Waals surface area contributed by atoms with Gasteiger partial charge in [-0.3, -0.25) is 4.79 Å². The Balaban J connectivity index is 1.94. The summed E-state index contributed by atoms with van der Waals surface area (Å²) in [6.07, 6.45) is 4.48. The topological polar surface area (TPSA) is 45.2 Å². The minimum absolute atomic E-state index is 0.0447. The van der Waals surface area contributed by atoms with E-state index >= 15 is 0 Å². The lowest BCUT2D eigenvalue weighted by molar-refractivity contribution is -0.115. The van der Waals surface area contributed by atoms with Crippen molar-refractivity contribution in [2.75, 3.05) is 23.3 Å². The minimum Gasteiger partial charge on any atom is -0.370 e. The number of rotatable bonds is 9. The van der Waals surface area contributed by atoms with Crippen LogP contribution in [0.25, 0.3) is 0 Å². The van der Waals surface area contributed by atoms with Gasteiger partial charge >= 0.3 is 0 Å². The molecule has 134 valence electrons. The van der Waals surface area contributed by atoms with Gasteiger partial charge in [0.05, 0.1) is 18.3 Å². The quantitative estimate of drug-likeness (QED) is 0.730. The van der Waals surface area contributed by atoms with E-state index < -0.39 is 0 Å². The van der Waals surface area contributed by atoms with Crippen LogP contribution in [0.15, 0.2) is 48.7 Å². The number of anilines is 2. The number of carbonyl (C=O) groups excluding carboxylic acids is 1. The van der Waals surface area contributed by atoms with Gasteiger partial charge in [-0.1, -0.05) is 51.1 Å². The average Bonchev–Trinajstić information content (AvgIpc) is 2.60. The van der Waals surface area contributed by atoms with Crippen LogP contribution in [0, 0.1) is 5.92 Å². The van der Waals surface area contributed by atoms with Gasteiger partial charge in [-0.15, -0.1) is 0 Å². The van der Waals surface area contributed by atoms with Crippen LogP contribution < -0.4 is 10.2 Å². The van der Waals surface area contributed by atoms with E-state index in [1.807, 2.05) is 48.7 Å². The van der Waals surface area contributed by atoms with Gasteiger partial charge in [-0.25, -0.2) is 4.98 Å². The molecule has 0 bridgehead atoms. The zero-order chi connectivity index (χ0) is 18.1. The summed E-state index contributed by atoms with van der Waals surface area (Å²) < 4.78 is 0. The predicted octanol–water partition coefficient (Wildman–Crippen LogP) is 4.53. The molecule has 1 aromatic heterocycles. The smallest absolute Gasteiger partial charge is 0.229 e. The van der Waals surface area contributed by atoms with E-state index in [0.717, 1.165) is 37.2 Å². The van der Waals surface area contributed by atoms with Crippen LogP contribution in [0.4, 0.5) is 11.5 Å². The molecule has 2 aromatic rings. The van der Waals surface area contributed by atoms with Gasteiger partial charge in [0.2, 0.25) is 5.91 Å². The van der Waals surface area contributed by atoms with Crippen molar-refractivity contribution in [2.24, 2.45) is 5.92 Å². The molecule has 0 saturated carbocycles. The summed E-state index contributed by atoms with van der Waals surface area (Å²) in [4.78, 5) is 18.9. The Morgan fingerprint density at radius 3 is 2.48 bits per heavy atom. The molecule has 0 fully saturated rings. The Morgan fingerprint density at radius 2 is 1.88 bits per heavy atom. The molecule has 0 aliphatic heterocycles. The Bertz CT molecular complexity index is 638. The fourth-order valence-corrected chi connectivity index (χ4v) is 2.67. The van der Waals surface area contributed by atoms with E-state index in [0.29, 0.717) is 18.2 Å². The number of nitrogens with one attached hydrogen (secondary N) is 1. The standard InChI is InChI=1S/C21H29N3O/c1-4-13-24(14-12-17(2)3)19-10-11-20(22-16-19)23-21(25)15-18-8-6-5-7-9-18/h5-11,16-17H,4,12-15H2,1-3H3,(H,22,23,25). The van der Waals surface area contributed by atoms with Crippen LogP contribution in [0.1, 0.15) is 39.2 Å². The number of aromatic nitrogens is 1. The maximum atomic E-state index is 12.1. The number of amides is 1. The van der Waals surface area contributed by atoms with E-state index in [4.69, 9.17) is 0 Å². The molecule has 0 aliphatic carbocycles. The van der Waals surface area contributed by atoms with E-state index in [1.54, 1.807) is 0 Å². The summed E-state index contributed by atoms with van der Waals surface area (Å²) in [5, 5.41) is 2.87. The van der Waals surface area contributed by atoms with Crippen LogP contribution in [-0.4, -0.2) is 24.0 Å². The van der Waals surface area contributed by atoms with Gasteiger partial charge in [0.1, 0.15) is 5.82 Å². The van der Waals surface area contributed by atoms with Crippen molar-refractivity contribution in [1.29, 1.82) is 0 Å². The third-order valence-corrected chi connectivity index (χ3v) is 4.06. The van der Waals surface area contributed by atoms with Crippen molar-refractivity contribution in [3.05, 3.63) is 54.2 Å². The lowest BCUT2D eigenvalue weighted by atomic mass is 10.1. The van der Waals surface area contributed by atoms with E-state index in [2.05, 4.69) is 36.0 Å². The van der Waals surface area contributed by atoms with E-state index in [1.165, 1.54) is 0 Å². The zero-order valence-electron chi connectivity index (χ0n) is 15.5. The first-order valence-electron chi connectivity index (χ1n) is 9.13. The highest BCUT2D eigenvalue weighted by Crippen LogP contribution is 2.17. The highest BCUT2D eigenvalue weighted by atomic mass is 16.1. The first kappa shape index (κ1) is 19.0. The van der Waals surface area contributed by atoms with Gasteiger partial charge < -0.3 is 10.2 Å². The zero-order valence-corrected chi connectivity index (χ0v) is 15.5. The lowest BCUT2D eigenvalue weighted by Crippen LogP contribution is -2.26. The number of hydrogen-bond donors (Lipinski definition) is 1. The highest BCUT2D eigenvalue weighted by Gasteiger charge is 2.09. The summed E-state index contributed by atoms with van der Waals surface area (Å²) in [5.74, 6) is 1.24. The third kappa shape index (κ3) is 6.57. The molecule has 0 aliphatic rings. The first-order chi connectivity index (χ1) is 12.1. The van der Waals surface area contributed by atoms with Crippen molar-refractivity contribution < 1.29 is 4.79 Å². The van der Waals surface area contributed by atoms with Crippen molar-refractivity contribution in [2.45, 2.75) is 40.0 Å². The van der Waals surface area contributed by atoms with Crippen molar-refractivity contribution >= 4 is 17.4 Å². The summed E-state index contributed by atoms with van der Waals surface area (Å²) in [6, 6.07) is 13.7. The second kappa shape index (κ2) is 9.82. The summed E-state index contributed by atoms with van der Waals surface area (Å²) in [6.45, 7) is 8.73. The van der Waals surface area contributed by atoms with Crippen LogP contribution in [0.2, 0.25) is 0 Å². The first-order valence-corrected chi connectivity index (χ1v) is 9.13. The Hall–Kier alpha value is -2.36. The Morgan fingerprint density at radius 1 is 1.12 bits per heavy atom. The van der Waals surface area contributed by atoms with Gasteiger partial charge in [-0.2, -0.15) is 0 Å². The molecule has 1 aromatic carbocycles. The highest BCUT2D eigenvalue weighted by molar-refractivity contribution is 5.91. The fourth-order valence-electron chi connectivity index (χ4n) is 2.67. The molecule has 1 heterocycles. The molecule has 4 heteroatoms. The molecule has 1 amide bonds. The second-order valence-electron chi connectivity index (χ2n) is 6.78. The second-order valence-corrected chi connectivity index (χ2v) is 6.78. The number of nitrogens with zero attached hydrogens (tertiary/aromatic N) is 2. The Kier molecular flexibility index (Phi) is 7.45. The fraction of sp³-hybridized carbons (Fsp3) is 0.429. The number of benzene rings is 1. The molecule has 4 nitrogen and oxygen atoms in total. The lowest BCUT2D eigenvalue weighted by Gasteiger charge is -2.25. The van der Waals surface area contributed by atoms with Crippen LogP contribution in [-0.2, 0) is 11.2 Å². The predicted molar refractivity (Wildman–Crippen MR) is 105 cm³/mol. The SMILES string of the molecule is CCCN(CCC(C)C)c1ccc(NC(=O)Cc2ccccc2)nc1. The minimum atomic E-state index is -0.0447. The molecule has 1 N–H and O–H groups in total. The Labute approximate surface area is 151 Å². The number of pyridine rings is 1. The number of hydrogen-bond acceptors (Lipinski definition) is 3. The molecule has 0 atom stereocenters. The van der Waals surface area contributed by atoms with Gasteiger partial charge in [0, 0.05) is 13.1 Å². The van der Waals surface area contributed by atoms with Gasteiger partial charge in [0.15, 0.2) is 0 Å². The molecular weight excluding hydrogens is 310 g/mol. The maximum Gasteiger partial charge on any atom is 0.229 e. The van der Waals surface area contributed by atoms with Crippen LogP contribution >= 0.6 is 0 Å². The van der Waals surface area contributed by atoms with E-state index in [-0.39, 0.29) is 5.91 Å². The largest absolute Gasteiger partial charge is 0.370 e. The normalized spacial score (nSPS) is 10.7. The van der Waals surface area contributed by atoms with Crippen LogP contribution in [0.3, 0.4) is 0 Å². The molecular formula is C21H29N3O. The average molecular weight is 339 g/mol. The molecule has 0 saturated heterocycles. The number of carbonyl (C=O) groups is 1. The van der Waals surface area contributed by atoms with Crippen molar-refractivity contribution in [3.8, 4) is 0 Å². The molecule has 2 rings (SSSR count). The van der Waals surface area contributed by atoms with E-state index in [9.17, 15) is 4.79 Å². The summed E-state index contributed by atoms with van der Waals surface area (Å²) in [5.41, 5.74) is 2.11. The molecule has 0 radical (unpaired) electrons. The van der Waals surface area contributed by atoms with Crippen molar-refractivity contribution in [1.82, 2.24) is 4.98 Å². The third-order valence-electron chi connectivity index (χ3n) is 4.06. The molecule has 0 spiro atoms. The monoisotopic (exact) mass is 339 g/mol. The summed E-state index contributed by atoms with van der Waals surface area (Å²) >= 11 is 0. The molecule has 25 heavy (non-hydrogen) atoms. The van der Waals surface area contributed by atoms with Gasteiger partial charge in [0.25, 0.3) is 0 Å².